The van der Waals surface area contributed by atoms with E-state index in [-0.39, 0.29) is 5.82 Å². The molecule has 0 saturated carbocycles. The maximum absolute atomic E-state index is 14.0. The van der Waals surface area contributed by atoms with Crippen LogP contribution in [0.3, 0.4) is 0 Å². The van der Waals surface area contributed by atoms with Crippen molar-refractivity contribution in [1.29, 1.82) is 0 Å². The highest BCUT2D eigenvalue weighted by Gasteiger charge is 2.21. The first-order valence-electron chi connectivity index (χ1n) is 5.85. The van der Waals surface area contributed by atoms with E-state index in [0.29, 0.717) is 11.1 Å². The van der Waals surface area contributed by atoms with Gasteiger partial charge < -0.3 is 5.11 Å². The number of aliphatic hydroxyl groups is 1. The minimum atomic E-state index is -0.973. The van der Waals surface area contributed by atoms with Gasteiger partial charge in [0.15, 0.2) is 0 Å². The SMILES string of the molecule is Cc1cc(C)c(C(O)c2cnn(C)c2C)c(F)c1. The molecule has 0 bridgehead atoms. The third-order valence-corrected chi connectivity index (χ3v) is 3.32. The van der Waals surface area contributed by atoms with Crippen LogP contribution in [0.1, 0.15) is 34.1 Å². The molecule has 0 aliphatic carbocycles. The molecule has 1 aromatic carbocycles. The molecule has 0 radical (unpaired) electrons. The molecule has 0 spiro atoms. The van der Waals surface area contributed by atoms with E-state index in [2.05, 4.69) is 5.10 Å². The molecule has 0 amide bonds. The monoisotopic (exact) mass is 248 g/mol. The number of aromatic nitrogens is 2. The van der Waals surface area contributed by atoms with Gasteiger partial charge in [-0.25, -0.2) is 4.39 Å². The number of benzene rings is 1. The molecule has 0 saturated heterocycles. The van der Waals surface area contributed by atoms with E-state index >= 15 is 0 Å². The number of aliphatic hydroxyl groups excluding tert-OH is 1. The third-order valence-electron chi connectivity index (χ3n) is 3.32. The maximum Gasteiger partial charge on any atom is 0.129 e. The summed E-state index contributed by atoms with van der Waals surface area (Å²) in [6, 6.07) is 3.31. The van der Waals surface area contributed by atoms with Crippen molar-refractivity contribution < 1.29 is 9.50 Å². The van der Waals surface area contributed by atoms with Crippen LogP contribution in [0.5, 0.6) is 0 Å². The Morgan fingerprint density at radius 2 is 1.94 bits per heavy atom. The Hall–Kier alpha value is -1.68. The standard InChI is InChI=1S/C14H17FN2O/c1-8-5-9(2)13(12(15)6-8)14(18)11-7-16-17(4)10(11)3/h5-7,14,18H,1-4H3. The molecule has 3 nitrogen and oxygen atoms in total. The van der Waals surface area contributed by atoms with E-state index in [1.165, 1.54) is 6.07 Å². The zero-order valence-corrected chi connectivity index (χ0v) is 11.0. The van der Waals surface area contributed by atoms with Gasteiger partial charge in [-0.3, -0.25) is 4.68 Å². The van der Waals surface area contributed by atoms with Crippen molar-refractivity contribution in [3.63, 3.8) is 0 Å². The smallest absolute Gasteiger partial charge is 0.129 e. The molecule has 1 heterocycles. The highest BCUT2D eigenvalue weighted by molar-refractivity contribution is 5.39. The quantitative estimate of drug-likeness (QED) is 0.887. The van der Waals surface area contributed by atoms with E-state index in [1.807, 2.05) is 19.9 Å². The summed E-state index contributed by atoms with van der Waals surface area (Å²) in [5, 5.41) is 14.4. The second kappa shape index (κ2) is 4.53. The van der Waals surface area contributed by atoms with Crippen molar-refractivity contribution in [2.24, 2.45) is 7.05 Å². The predicted molar refractivity (Wildman–Crippen MR) is 67.9 cm³/mol. The summed E-state index contributed by atoms with van der Waals surface area (Å²) in [7, 11) is 1.80. The number of aryl methyl sites for hydroxylation is 3. The first-order valence-corrected chi connectivity index (χ1v) is 5.85. The molecule has 4 heteroatoms. The van der Waals surface area contributed by atoms with Crippen LogP contribution in [0.15, 0.2) is 18.3 Å². The zero-order chi connectivity index (χ0) is 13.4. The van der Waals surface area contributed by atoms with Crippen molar-refractivity contribution in [3.8, 4) is 0 Å². The Balaban J connectivity index is 2.53. The van der Waals surface area contributed by atoms with Crippen molar-refractivity contribution in [1.82, 2.24) is 9.78 Å². The molecule has 0 aliphatic rings. The van der Waals surface area contributed by atoms with Gasteiger partial charge in [0.25, 0.3) is 0 Å². The van der Waals surface area contributed by atoms with Crippen LogP contribution in [0, 0.1) is 26.6 Å². The Labute approximate surface area is 106 Å². The Kier molecular flexibility index (Phi) is 3.22. The fraction of sp³-hybridized carbons (Fsp3) is 0.357. The van der Waals surface area contributed by atoms with Crippen molar-refractivity contribution in [2.75, 3.05) is 0 Å². The maximum atomic E-state index is 14.0. The van der Waals surface area contributed by atoms with E-state index < -0.39 is 6.10 Å². The molecule has 96 valence electrons. The first kappa shape index (κ1) is 12.8. The molecule has 0 fully saturated rings. The Morgan fingerprint density at radius 3 is 2.44 bits per heavy atom. The van der Waals surface area contributed by atoms with Gasteiger partial charge in [-0.1, -0.05) is 6.07 Å². The summed E-state index contributed by atoms with van der Waals surface area (Å²) in [5.41, 5.74) is 3.41. The topological polar surface area (TPSA) is 38.1 Å². The fourth-order valence-electron chi connectivity index (χ4n) is 2.21. The average molecular weight is 248 g/mol. The van der Waals surface area contributed by atoms with Gasteiger partial charge in [-0.2, -0.15) is 5.10 Å². The van der Waals surface area contributed by atoms with Crippen LogP contribution in [0.25, 0.3) is 0 Å². The zero-order valence-electron chi connectivity index (χ0n) is 11.0. The van der Waals surface area contributed by atoms with Crippen LogP contribution >= 0.6 is 0 Å². The summed E-state index contributed by atoms with van der Waals surface area (Å²) in [4.78, 5) is 0. The van der Waals surface area contributed by atoms with Gasteiger partial charge in [-0.05, 0) is 38.0 Å². The van der Waals surface area contributed by atoms with Gasteiger partial charge in [0.05, 0.1) is 6.20 Å². The lowest BCUT2D eigenvalue weighted by Crippen LogP contribution is -2.07. The summed E-state index contributed by atoms with van der Waals surface area (Å²) < 4.78 is 15.7. The summed E-state index contributed by atoms with van der Waals surface area (Å²) >= 11 is 0. The van der Waals surface area contributed by atoms with Crippen LogP contribution in [0.2, 0.25) is 0 Å². The lowest BCUT2D eigenvalue weighted by molar-refractivity contribution is 0.213. The second-order valence-electron chi connectivity index (χ2n) is 4.69. The van der Waals surface area contributed by atoms with Gasteiger partial charge >= 0.3 is 0 Å². The highest BCUT2D eigenvalue weighted by Crippen LogP contribution is 2.29. The normalized spacial score (nSPS) is 12.8. The fourth-order valence-corrected chi connectivity index (χ4v) is 2.21. The van der Waals surface area contributed by atoms with Gasteiger partial charge in [-0.15, -0.1) is 0 Å². The average Bonchev–Trinajstić information content (AvgIpc) is 2.58. The minimum Gasteiger partial charge on any atom is -0.383 e. The molecule has 1 unspecified atom stereocenters. The molecule has 0 aliphatic heterocycles. The molecule has 1 aromatic heterocycles. The number of hydrogen-bond acceptors (Lipinski definition) is 2. The van der Waals surface area contributed by atoms with Crippen LogP contribution in [-0.2, 0) is 7.05 Å². The number of hydrogen-bond donors (Lipinski definition) is 1. The van der Waals surface area contributed by atoms with Crippen molar-refractivity contribution in [2.45, 2.75) is 26.9 Å². The molecule has 2 rings (SSSR count). The molecule has 1 N–H and O–H groups in total. The van der Waals surface area contributed by atoms with Crippen LogP contribution in [0.4, 0.5) is 4.39 Å². The molecule has 2 aromatic rings. The molecule has 18 heavy (non-hydrogen) atoms. The van der Waals surface area contributed by atoms with Gasteiger partial charge in [0, 0.05) is 23.9 Å². The van der Waals surface area contributed by atoms with E-state index in [4.69, 9.17) is 0 Å². The molecular formula is C14H17FN2O. The van der Waals surface area contributed by atoms with E-state index in [0.717, 1.165) is 16.8 Å². The third kappa shape index (κ3) is 2.04. The van der Waals surface area contributed by atoms with Crippen LogP contribution in [-0.4, -0.2) is 14.9 Å². The number of nitrogens with zero attached hydrogens (tertiary/aromatic N) is 2. The summed E-state index contributed by atoms with van der Waals surface area (Å²) in [6.07, 6.45) is 0.609. The van der Waals surface area contributed by atoms with E-state index in [1.54, 1.807) is 24.9 Å². The summed E-state index contributed by atoms with van der Waals surface area (Å²) in [6.45, 7) is 5.49. The first-order chi connectivity index (χ1) is 8.41. The predicted octanol–water partition coefficient (Wildman–Crippen LogP) is 2.57. The highest BCUT2D eigenvalue weighted by atomic mass is 19.1. The molecular weight excluding hydrogens is 231 g/mol. The lowest BCUT2D eigenvalue weighted by Gasteiger charge is -2.15. The Morgan fingerprint density at radius 1 is 1.28 bits per heavy atom. The van der Waals surface area contributed by atoms with Crippen molar-refractivity contribution >= 4 is 0 Å². The lowest BCUT2D eigenvalue weighted by atomic mass is 9.96. The minimum absolute atomic E-state index is 0.330. The number of halogens is 1. The summed E-state index contributed by atoms with van der Waals surface area (Å²) in [5.74, 6) is -0.372. The largest absolute Gasteiger partial charge is 0.383 e. The Bertz CT molecular complexity index is 566. The molecule has 1 atom stereocenters. The van der Waals surface area contributed by atoms with E-state index in [9.17, 15) is 9.50 Å². The van der Waals surface area contributed by atoms with Crippen LogP contribution < -0.4 is 0 Å². The van der Waals surface area contributed by atoms with Gasteiger partial charge in [0.2, 0.25) is 0 Å². The number of rotatable bonds is 2. The van der Waals surface area contributed by atoms with Crippen molar-refractivity contribution in [3.05, 3.63) is 52.1 Å². The van der Waals surface area contributed by atoms with Gasteiger partial charge in [0.1, 0.15) is 11.9 Å². The second-order valence-corrected chi connectivity index (χ2v) is 4.69.